The molecule has 1 aromatic heterocycles. The Labute approximate surface area is 142 Å². The van der Waals surface area contributed by atoms with E-state index in [1.807, 2.05) is 11.1 Å². The van der Waals surface area contributed by atoms with Gasteiger partial charge in [-0.25, -0.2) is 0 Å². The molecule has 1 unspecified atom stereocenters. The molecule has 0 spiro atoms. The first-order valence-corrected chi connectivity index (χ1v) is 8.95. The van der Waals surface area contributed by atoms with Crippen LogP contribution in [0, 0.1) is 5.92 Å². The fourth-order valence-corrected chi connectivity index (χ4v) is 3.97. The Bertz CT molecular complexity index is 705. The van der Waals surface area contributed by atoms with Crippen molar-refractivity contribution in [3.63, 3.8) is 0 Å². The van der Waals surface area contributed by atoms with Crippen LogP contribution in [-0.4, -0.2) is 60.1 Å². The Kier molecular flexibility index (Phi) is 4.54. The number of ether oxygens (including phenoxy) is 1. The Balaban J connectivity index is 1.43. The van der Waals surface area contributed by atoms with E-state index < -0.39 is 0 Å². The number of likely N-dealkylation sites (tertiary alicyclic amines) is 1. The molecule has 0 aliphatic carbocycles. The van der Waals surface area contributed by atoms with E-state index in [4.69, 9.17) is 4.74 Å². The summed E-state index contributed by atoms with van der Waals surface area (Å²) in [7, 11) is 0. The molecule has 1 N–H and O–H groups in total. The minimum Gasteiger partial charge on any atom is -0.378 e. The molecule has 0 saturated carbocycles. The molecule has 2 aliphatic heterocycles. The van der Waals surface area contributed by atoms with Gasteiger partial charge in [-0.15, -0.1) is 0 Å². The van der Waals surface area contributed by atoms with E-state index in [0.717, 1.165) is 45.6 Å². The summed E-state index contributed by atoms with van der Waals surface area (Å²) in [6.45, 7) is 5.72. The molecule has 2 aliphatic rings. The zero-order valence-corrected chi connectivity index (χ0v) is 14.0. The third-order valence-corrected chi connectivity index (χ3v) is 5.26. The monoisotopic (exact) mass is 327 g/mol. The number of aromatic nitrogens is 1. The number of aromatic amines is 1. The van der Waals surface area contributed by atoms with Crippen LogP contribution in [-0.2, 0) is 16.1 Å². The topological polar surface area (TPSA) is 48.6 Å². The summed E-state index contributed by atoms with van der Waals surface area (Å²) < 4.78 is 5.36. The van der Waals surface area contributed by atoms with Gasteiger partial charge in [0.05, 0.1) is 19.1 Å². The largest absolute Gasteiger partial charge is 0.378 e. The van der Waals surface area contributed by atoms with Crippen LogP contribution in [0.4, 0.5) is 0 Å². The molecule has 5 heteroatoms. The fraction of sp³-hybridized carbons (Fsp3) is 0.526. The van der Waals surface area contributed by atoms with Crippen LogP contribution in [0.1, 0.15) is 18.4 Å². The highest BCUT2D eigenvalue weighted by atomic mass is 16.5. The van der Waals surface area contributed by atoms with Gasteiger partial charge < -0.3 is 14.6 Å². The maximum absolute atomic E-state index is 12.8. The predicted molar refractivity (Wildman–Crippen MR) is 93.7 cm³/mol. The zero-order chi connectivity index (χ0) is 16.4. The van der Waals surface area contributed by atoms with Gasteiger partial charge in [-0.2, -0.15) is 0 Å². The number of amides is 1. The first-order valence-electron chi connectivity index (χ1n) is 8.95. The third-order valence-electron chi connectivity index (χ3n) is 5.26. The number of hydrogen-bond acceptors (Lipinski definition) is 3. The summed E-state index contributed by atoms with van der Waals surface area (Å²) in [4.78, 5) is 20.5. The average molecular weight is 327 g/mol. The van der Waals surface area contributed by atoms with Gasteiger partial charge in [0.25, 0.3) is 0 Å². The SMILES string of the molecule is O=C(C1CCCN(Cc2cccc3[nH]ccc23)C1)N1CCOCC1. The molecular formula is C19H25N3O2. The van der Waals surface area contributed by atoms with Crippen molar-refractivity contribution in [2.45, 2.75) is 19.4 Å². The van der Waals surface area contributed by atoms with Crippen molar-refractivity contribution in [1.82, 2.24) is 14.8 Å². The molecule has 1 amide bonds. The number of carbonyl (C=O) groups excluding carboxylic acids is 1. The van der Waals surface area contributed by atoms with E-state index in [0.29, 0.717) is 19.1 Å². The normalized spacial score (nSPS) is 22.8. The minimum atomic E-state index is 0.141. The van der Waals surface area contributed by atoms with Crippen LogP contribution < -0.4 is 0 Å². The molecule has 0 bridgehead atoms. The Morgan fingerprint density at radius 1 is 1.21 bits per heavy atom. The number of carbonyl (C=O) groups is 1. The highest BCUT2D eigenvalue weighted by molar-refractivity contribution is 5.83. The second-order valence-electron chi connectivity index (χ2n) is 6.87. The highest BCUT2D eigenvalue weighted by Crippen LogP contribution is 2.24. The molecular weight excluding hydrogens is 302 g/mol. The number of nitrogens with one attached hydrogen (secondary N) is 1. The Hall–Kier alpha value is -1.85. The van der Waals surface area contributed by atoms with Gasteiger partial charge in [-0.3, -0.25) is 9.69 Å². The molecule has 1 aromatic carbocycles. The molecule has 2 saturated heterocycles. The van der Waals surface area contributed by atoms with Gasteiger partial charge in [0, 0.05) is 43.3 Å². The Morgan fingerprint density at radius 3 is 2.96 bits per heavy atom. The third kappa shape index (κ3) is 3.19. The smallest absolute Gasteiger partial charge is 0.227 e. The van der Waals surface area contributed by atoms with Gasteiger partial charge in [-0.05, 0) is 37.1 Å². The van der Waals surface area contributed by atoms with E-state index in [-0.39, 0.29) is 5.92 Å². The average Bonchev–Trinajstić information content (AvgIpc) is 3.12. The van der Waals surface area contributed by atoms with E-state index in [1.165, 1.54) is 16.5 Å². The van der Waals surface area contributed by atoms with Crippen LogP contribution in [0.2, 0.25) is 0 Å². The number of fused-ring (bicyclic) bond motifs is 1. The molecule has 5 nitrogen and oxygen atoms in total. The lowest BCUT2D eigenvalue weighted by molar-refractivity contribution is -0.141. The lowest BCUT2D eigenvalue weighted by atomic mass is 9.95. The lowest BCUT2D eigenvalue weighted by Crippen LogP contribution is -2.48. The van der Waals surface area contributed by atoms with E-state index in [9.17, 15) is 4.79 Å². The lowest BCUT2D eigenvalue weighted by Gasteiger charge is -2.36. The van der Waals surface area contributed by atoms with Gasteiger partial charge in [0.2, 0.25) is 5.91 Å². The second kappa shape index (κ2) is 6.95. The van der Waals surface area contributed by atoms with E-state index in [1.54, 1.807) is 0 Å². The molecule has 1 atom stereocenters. The summed E-state index contributed by atoms with van der Waals surface area (Å²) in [5.41, 5.74) is 2.53. The number of rotatable bonds is 3. The number of nitrogens with zero attached hydrogens (tertiary/aromatic N) is 2. The van der Waals surface area contributed by atoms with E-state index in [2.05, 4.69) is 34.1 Å². The van der Waals surface area contributed by atoms with Crippen molar-refractivity contribution >= 4 is 16.8 Å². The van der Waals surface area contributed by atoms with Gasteiger partial charge in [-0.1, -0.05) is 12.1 Å². The second-order valence-corrected chi connectivity index (χ2v) is 6.87. The first-order chi connectivity index (χ1) is 11.8. The summed E-state index contributed by atoms with van der Waals surface area (Å²) in [6, 6.07) is 8.56. The van der Waals surface area contributed by atoms with Crippen molar-refractivity contribution in [2.24, 2.45) is 5.92 Å². The van der Waals surface area contributed by atoms with Gasteiger partial charge in [0.15, 0.2) is 0 Å². The van der Waals surface area contributed by atoms with Crippen molar-refractivity contribution in [1.29, 1.82) is 0 Å². The number of piperidine rings is 1. The number of morpholine rings is 1. The molecule has 3 heterocycles. The quantitative estimate of drug-likeness (QED) is 0.940. The van der Waals surface area contributed by atoms with Crippen molar-refractivity contribution < 1.29 is 9.53 Å². The molecule has 4 rings (SSSR count). The van der Waals surface area contributed by atoms with Gasteiger partial charge >= 0.3 is 0 Å². The summed E-state index contributed by atoms with van der Waals surface area (Å²) in [6.07, 6.45) is 4.11. The van der Waals surface area contributed by atoms with Crippen molar-refractivity contribution in [2.75, 3.05) is 39.4 Å². The maximum Gasteiger partial charge on any atom is 0.227 e. The standard InChI is InChI=1S/C19H25N3O2/c23-19(22-9-11-24-12-10-22)16-4-2-8-21(14-16)13-15-3-1-5-18-17(15)6-7-20-18/h1,3,5-7,16,20H,2,4,8-14H2. The molecule has 0 radical (unpaired) electrons. The van der Waals surface area contributed by atoms with Crippen molar-refractivity contribution in [3.8, 4) is 0 Å². The summed E-state index contributed by atoms with van der Waals surface area (Å²) >= 11 is 0. The van der Waals surface area contributed by atoms with Crippen LogP contribution in [0.3, 0.4) is 0 Å². The fourth-order valence-electron chi connectivity index (χ4n) is 3.97. The number of benzene rings is 1. The number of hydrogen-bond donors (Lipinski definition) is 1. The van der Waals surface area contributed by atoms with Crippen LogP contribution in [0.25, 0.3) is 10.9 Å². The van der Waals surface area contributed by atoms with E-state index >= 15 is 0 Å². The molecule has 2 fully saturated rings. The molecule has 128 valence electrons. The summed E-state index contributed by atoms with van der Waals surface area (Å²) in [5, 5.41) is 1.29. The molecule has 24 heavy (non-hydrogen) atoms. The maximum atomic E-state index is 12.8. The van der Waals surface area contributed by atoms with Crippen LogP contribution in [0.5, 0.6) is 0 Å². The van der Waals surface area contributed by atoms with Crippen molar-refractivity contribution in [3.05, 3.63) is 36.0 Å². The number of H-pyrrole nitrogens is 1. The first kappa shape index (κ1) is 15.7. The predicted octanol–water partition coefficient (Wildman–Crippen LogP) is 2.24. The molecule has 2 aromatic rings. The van der Waals surface area contributed by atoms with Crippen LogP contribution >= 0.6 is 0 Å². The van der Waals surface area contributed by atoms with Crippen LogP contribution in [0.15, 0.2) is 30.5 Å². The van der Waals surface area contributed by atoms with Gasteiger partial charge in [0.1, 0.15) is 0 Å². The summed E-state index contributed by atoms with van der Waals surface area (Å²) in [5.74, 6) is 0.463. The Morgan fingerprint density at radius 2 is 2.08 bits per heavy atom. The zero-order valence-electron chi connectivity index (χ0n) is 14.0. The highest BCUT2D eigenvalue weighted by Gasteiger charge is 2.30. The minimum absolute atomic E-state index is 0.141.